The zero-order chi connectivity index (χ0) is 14.9. The van der Waals surface area contributed by atoms with E-state index in [4.69, 9.17) is 21.1 Å². The lowest BCUT2D eigenvalue weighted by molar-refractivity contribution is 0.318. The van der Waals surface area contributed by atoms with Crippen LogP contribution in [0.1, 0.15) is 17.5 Å². The van der Waals surface area contributed by atoms with Crippen molar-refractivity contribution >= 4 is 23.8 Å². The van der Waals surface area contributed by atoms with Gasteiger partial charge in [0.05, 0.1) is 13.7 Å². The molecule has 0 atom stereocenters. The van der Waals surface area contributed by atoms with Gasteiger partial charge in [-0.1, -0.05) is 36.4 Å². The van der Waals surface area contributed by atoms with Gasteiger partial charge in [0.25, 0.3) is 0 Å². The number of alkyl halides is 1. The van der Waals surface area contributed by atoms with Crippen LogP contribution in [-0.2, 0) is 0 Å². The van der Waals surface area contributed by atoms with Gasteiger partial charge in [0.2, 0.25) is 0 Å². The molecule has 0 amide bonds. The molecule has 0 unspecified atom stereocenters. The number of methoxy groups -OCH3 is 1. The van der Waals surface area contributed by atoms with E-state index in [2.05, 4.69) is 12.2 Å². The SMILES string of the molecule is COc1cccc(C=Cc2ccc(OCCCCl)cc2)c1. The quantitative estimate of drug-likeness (QED) is 0.412. The molecule has 0 spiro atoms. The third-order valence-electron chi connectivity index (χ3n) is 2.99. The Morgan fingerprint density at radius 3 is 2.43 bits per heavy atom. The molecule has 0 bridgehead atoms. The van der Waals surface area contributed by atoms with E-state index in [1.54, 1.807) is 7.11 Å². The number of halogens is 1. The van der Waals surface area contributed by atoms with Crippen molar-refractivity contribution in [3.05, 3.63) is 59.7 Å². The van der Waals surface area contributed by atoms with Gasteiger partial charge in [-0.05, 0) is 41.8 Å². The fourth-order valence-corrected chi connectivity index (χ4v) is 1.97. The Balaban J connectivity index is 1.97. The summed E-state index contributed by atoms with van der Waals surface area (Å²) in [4.78, 5) is 0. The average molecular weight is 303 g/mol. The molecule has 2 nitrogen and oxygen atoms in total. The van der Waals surface area contributed by atoms with E-state index in [9.17, 15) is 0 Å². The van der Waals surface area contributed by atoms with Crippen LogP contribution in [0.3, 0.4) is 0 Å². The van der Waals surface area contributed by atoms with E-state index >= 15 is 0 Å². The van der Waals surface area contributed by atoms with Crippen LogP contribution in [-0.4, -0.2) is 19.6 Å². The smallest absolute Gasteiger partial charge is 0.119 e. The second kappa shape index (κ2) is 8.38. The van der Waals surface area contributed by atoms with Crippen LogP contribution >= 0.6 is 11.6 Å². The van der Waals surface area contributed by atoms with Crippen LogP contribution < -0.4 is 9.47 Å². The predicted molar refractivity (Wildman–Crippen MR) is 89.2 cm³/mol. The molecule has 0 heterocycles. The van der Waals surface area contributed by atoms with Gasteiger partial charge in [-0.3, -0.25) is 0 Å². The Kier molecular flexibility index (Phi) is 6.17. The van der Waals surface area contributed by atoms with E-state index in [1.807, 2.05) is 48.5 Å². The first kappa shape index (κ1) is 15.5. The zero-order valence-electron chi connectivity index (χ0n) is 12.1. The molecule has 0 aliphatic carbocycles. The van der Waals surface area contributed by atoms with Gasteiger partial charge in [0.15, 0.2) is 0 Å². The van der Waals surface area contributed by atoms with E-state index in [0.717, 1.165) is 29.0 Å². The molecule has 110 valence electrons. The summed E-state index contributed by atoms with van der Waals surface area (Å²) in [6.07, 6.45) is 4.99. The molecule has 2 aromatic rings. The maximum absolute atomic E-state index is 5.62. The van der Waals surface area contributed by atoms with Crippen molar-refractivity contribution in [1.29, 1.82) is 0 Å². The molecule has 0 aliphatic heterocycles. The molecule has 2 aromatic carbocycles. The highest BCUT2D eigenvalue weighted by molar-refractivity contribution is 6.17. The standard InChI is InChI=1S/C18H19ClO2/c1-20-18-5-2-4-16(14-18)7-6-15-8-10-17(11-9-15)21-13-3-12-19/h2,4-11,14H,3,12-13H2,1H3. The molecule has 0 saturated heterocycles. The van der Waals surface area contributed by atoms with Crippen molar-refractivity contribution < 1.29 is 9.47 Å². The van der Waals surface area contributed by atoms with Crippen molar-refractivity contribution in [3.8, 4) is 11.5 Å². The van der Waals surface area contributed by atoms with E-state index in [0.29, 0.717) is 12.5 Å². The van der Waals surface area contributed by atoms with Gasteiger partial charge in [-0.25, -0.2) is 0 Å². The first-order chi connectivity index (χ1) is 10.3. The van der Waals surface area contributed by atoms with Gasteiger partial charge in [-0.2, -0.15) is 0 Å². The summed E-state index contributed by atoms with van der Waals surface area (Å²) in [5.41, 5.74) is 2.24. The topological polar surface area (TPSA) is 18.5 Å². The third kappa shape index (κ3) is 5.16. The number of hydrogen-bond donors (Lipinski definition) is 0. The summed E-state index contributed by atoms with van der Waals surface area (Å²) < 4.78 is 10.8. The van der Waals surface area contributed by atoms with Gasteiger partial charge >= 0.3 is 0 Å². The Labute approximate surface area is 131 Å². The largest absolute Gasteiger partial charge is 0.497 e. The minimum Gasteiger partial charge on any atom is -0.497 e. The van der Waals surface area contributed by atoms with Gasteiger partial charge in [-0.15, -0.1) is 11.6 Å². The van der Waals surface area contributed by atoms with E-state index in [1.165, 1.54) is 0 Å². The molecule has 21 heavy (non-hydrogen) atoms. The molecule has 0 aliphatic rings. The number of rotatable bonds is 7. The highest BCUT2D eigenvalue weighted by Gasteiger charge is 1.95. The normalized spacial score (nSPS) is 10.8. The summed E-state index contributed by atoms with van der Waals surface area (Å²) in [5.74, 6) is 2.36. The lowest BCUT2D eigenvalue weighted by atomic mass is 10.1. The molecule has 0 aromatic heterocycles. The van der Waals surface area contributed by atoms with Gasteiger partial charge < -0.3 is 9.47 Å². The van der Waals surface area contributed by atoms with Crippen molar-refractivity contribution in [2.24, 2.45) is 0 Å². The maximum atomic E-state index is 5.62. The highest BCUT2D eigenvalue weighted by atomic mass is 35.5. The maximum Gasteiger partial charge on any atom is 0.119 e. The van der Waals surface area contributed by atoms with Crippen LogP contribution in [0, 0.1) is 0 Å². The van der Waals surface area contributed by atoms with Crippen molar-refractivity contribution in [3.63, 3.8) is 0 Å². The molecule has 0 saturated carbocycles. The third-order valence-corrected chi connectivity index (χ3v) is 3.26. The Hall–Kier alpha value is -1.93. The lowest BCUT2D eigenvalue weighted by Crippen LogP contribution is -1.97. The van der Waals surface area contributed by atoms with Crippen LogP contribution in [0.5, 0.6) is 11.5 Å². The first-order valence-corrected chi connectivity index (χ1v) is 7.46. The summed E-state index contributed by atoms with van der Waals surface area (Å²) >= 11 is 5.62. The van der Waals surface area contributed by atoms with Crippen LogP contribution in [0.15, 0.2) is 48.5 Å². The van der Waals surface area contributed by atoms with Gasteiger partial charge in [0, 0.05) is 5.88 Å². The number of hydrogen-bond acceptors (Lipinski definition) is 2. The van der Waals surface area contributed by atoms with E-state index < -0.39 is 0 Å². The lowest BCUT2D eigenvalue weighted by Gasteiger charge is -2.04. The first-order valence-electron chi connectivity index (χ1n) is 6.93. The van der Waals surface area contributed by atoms with Gasteiger partial charge in [0.1, 0.15) is 11.5 Å². The molecule has 0 radical (unpaired) electrons. The van der Waals surface area contributed by atoms with Crippen molar-refractivity contribution in [2.75, 3.05) is 19.6 Å². The zero-order valence-corrected chi connectivity index (χ0v) is 12.8. The summed E-state index contributed by atoms with van der Waals surface area (Å²) in [7, 11) is 1.67. The molecule has 3 heteroatoms. The van der Waals surface area contributed by atoms with E-state index in [-0.39, 0.29) is 0 Å². The molecule has 2 rings (SSSR count). The monoisotopic (exact) mass is 302 g/mol. The Bertz CT molecular complexity index is 576. The molecular weight excluding hydrogens is 284 g/mol. The molecule has 0 N–H and O–H groups in total. The second-order valence-electron chi connectivity index (χ2n) is 4.57. The molecule has 0 fully saturated rings. The van der Waals surface area contributed by atoms with Crippen LogP contribution in [0.25, 0.3) is 12.2 Å². The second-order valence-corrected chi connectivity index (χ2v) is 4.95. The Morgan fingerprint density at radius 2 is 1.71 bits per heavy atom. The fourth-order valence-electron chi connectivity index (χ4n) is 1.86. The van der Waals surface area contributed by atoms with Crippen molar-refractivity contribution in [1.82, 2.24) is 0 Å². The minimum atomic E-state index is 0.626. The van der Waals surface area contributed by atoms with Crippen molar-refractivity contribution in [2.45, 2.75) is 6.42 Å². The summed E-state index contributed by atoms with van der Waals surface area (Å²) in [6.45, 7) is 0.655. The number of ether oxygens (including phenoxy) is 2. The average Bonchev–Trinajstić information content (AvgIpc) is 2.54. The highest BCUT2D eigenvalue weighted by Crippen LogP contribution is 2.17. The minimum absolute atomic E-state index is 0.626. The Morgan fingerprint density at radius 1 is 0.952 bits per heavy atom. The van der Waals surface area contributed by atoms with Crippen LogP contribution in [0.2, 0.25) is 0 Å². The summed E-state index contributed by atoms with van der Waals surface area (Å²) in [6, 6.07) is 16.0. The fraction of sp³-hybridized carbons (Fsp3) is 0.222. The molecular formula is C18H19ClO2. The van der Waals surface area contributed by atoms with Crippen LogP contribution in [0.4, 0.5) is 0 Å². The predicted octanol–water partition coefficient (Wildman–Crippen LogP) is 4.87. The number of benzene rings is 2. The summed E-state index contributed by atoms with van der Waals surface area (Å²) in [5, 5.41) is 0.